The average Bonchev–Trinajstić information content (AvgIpc) is 2.28. The van der Waals surface area contributed by atoms with Gasteiger partial charge in [-0.05, 0) is 23.9 Å². The van der Waals surface area contributed by atoms with Gasteiger partial charge >= 0.3 is 0 Å². The lowest BCUT2D eigenvalue weighted by Crippen LogP contribution is -1.91. The molecule has 2 rings (SSSR count). The summed E-state index contributed by atoms with van der Waals surface area (Å²) in [6.45, 7) is 1.88. The van der Waals surface area contributed by atoms with Crippen molar-refractivity contribution < 1.29 is 4.79 Å². The van der Waals surface area contributed by atoms with Gasteiger partial charge in [-0.1, -0.05) is 18.2 Å². The molecule has 0 bridgehead atoms. The summed E-state index contributed by atoms with van der Waals surface area (Å²) in [5.41, 5.74) is 1.03. The SMILES string of the molecule is CC(N=C=O)c1cccc2cnccc12. The van der Waals surface area contributed by atoms with Crippen LogP contribution in [-0.4, -0.2) is 11.1 Å². The second-order valence-electron chi connectivity index (χ2n) is 3.34. The van der Waals surface area contributed by atoms with Gasteiger partial charge < -0.3 is 0 Å². The second-order valence-corrected chi connectivity index (χ2v) is 3.34. The number of rotatable bonds is 2. The van der Waals surface area contributed by atoms with Crippen molar-refractivity contribution in [3.8, 4) is 0 Å². The van der Waals surface area contributed by atoms with E-state index in [2.05, 4.69) is 9.98 Å². The molecule has 3 nitrogen and oxygen atoms in total. The molecule has 1 unspecified atom stereocenters. The van der Waals surface area contributed by atoms with Crippen LogP contribution in [-0.2, 0) is 4.79 Å². The van der Waals surface area contributed by atoms with Crippen LogP contribution in [0, 0.1) is 0 Å². The standard InChI is InChI=1S/C12H10N2O/c1-9(14-8-15)11-4-2-3-10-7-13-6-5-12(10)11/h2-7,9H,1H3. The van der Waals surface area contributed by atoms with Crippen LogP contribution < -0.4 is 0 Å². The summed E-state index contributed by atoms with van der Waals surface area (Å²) in [6.07, 6.45) is 5.13. The first-order valence-electron chi connectivity index (χ1n) is 4.72. The van der Waals surface area contributed by atoms with Crippen LogP contribution in [0.4, 0.5) is 0 Å². The molecule has 0 aliphatic heterocycles. The largest absolute Gasteiger partial charge is 0.264 e. The number of fused-ring (bicyclic) bond motifs is 1. The first-order valence-corrected chi connectivity index (χ1v) is 4.72. The van der Waals surface area contributed by atoms with Gasteiger partial charge in [0.1, 0.15) is 0 Å². The van der Waals surface area contributed by atoms with Crippen molar-refractivity contribution in [3.63, 3.8) is 0 Å². The number of carbonyl (C=O) groups excluding carboxylic acids is 1. The van der Waals surface area contributed by atoms with Crippen molar-refractivity contribution in [2.45, 2.75) is 13.0 Å². The Morgan fingerprint density at radius 3 is 3.07 bits per heavy atom. The lowest BCUT2D eigenvalue weighted by molar-refractivity contribution is 0.559. The van der Waals surface area contributed by atoms with E-state index in [1.807, 2.05) is 31.2 Å². The molecule has 0 radical (unpaired) electrons. The molecule has 0 N–H and O–H groups in total. The minimum Gasteiger partial charge on any atom is -0.264 e. The predicted molar refractivity (Wildman–Crippen MR) is 58.3 cm³/mol. The van der Waals surface area contributed by atoms with Gasteiger partial charge in [-0.3, -0.25) is 4.98 Å². The van der Waals surface area contributed by atoms with Crippen molar-refractivity contribution in [1.29, 1.82) is 0 Å². The molecule has 1 heterocycles. The van der Waals surface area contributed by atoms with Gasteiger partial charge in [0.2, 0.25) is 6.08 Å². The smallest absolute Gasteiger partial charge is 0.235 e. The van der Waals surface area contributed by atoms with Gasteiger partial charge in [-0.2, -0.15) is 4.99 Å². The van der Waals surface area contributed by atoms with E-state index < -0.39 is 0 Å². The number of aliphatic imine (C=N–C) groups is 1. The van der Waals surface area contributed by atoms with Crippen molar-refractivity contribution in [3.05, 3.63) is 42.2 Å². The highest BCUT2D eigenvalue weighted by Crippen LogP contribution is 2.25. The topological polar surface area (TPSA) is 42.3 Å². The highest BCUT2D eigenvalue weighted by molar-refractivity contribution is 5.85. The maximum atomic E-state index is 10.2. The Morgan fingerprint density at radius 2 is 2.27 bits per heavy atom. The summed E-state index contributed by atoms with van der Waals surface area (Å²) in [7, 11) is 0. The minimum absolute atomic E-state index is 0.159. The lowest BCUT2D eigenvalue weighted by Gasteiger charge is -2.08. The number of pyridine rings is 1. The summed E-state index contributed by atoms with van der Waals surface area (Å²) >= 11 is 0. The third kappa shape index (κ3) is 1.78. The van der Waals surface area contributed by atoms with Gasteiger partial charge in [0, 0.05) is 17.8 Å². The molecule has 0 aliphatic carbocycles. The number of isocyanates is 1. The van der Waals surface area contributed by atoms with Crippen molar-refractivity contribution >= 4 is 16.9 Å². The van der Waals surface area contributed by atoms with Gasteiger partial charge in [0.05, 0.1) is 6.04 Å². The van der Waals surface area contributed by atoms with E-state index in [0.717, 1.165) is 16.3 Å². The van der Waals surface area contributed by atoms with Crippen LogP contribution in [0.15, 0.2) is 41.7 Å². The molecule has 0 saturated carbocycles. The first kappa shape index (κ1) is 9.56. The molecular weight excluding hydrogens is 188 g/mol. The lowest BCUT2D eigenvalue weighted by atomic mass is 10.0. The van der Waals surface area contributed by atoms with Crippen LogP contribution >= 0.6 is 0 Å². The van der Waals surface area contributed by atoms with E-state index in [1.54, 1.807) is 18.5 Å². The Balaban J connectivity index is 2.65. The fraction of sp³-hybridized carbons (Fsp3) is 0.167. The van der Waals surface area contributed by atoms with Crippen molar-refractivity contribution in [2.24, 2.45) is 4.99 Å². The summed E-state index contributed by atoms with van der Waals surface area (Å²) in [4.78, 5) is 18.0. The average molecular weight is 198 g/mol. The van der Waals surface area contributed by atoms with E-state index in [-0.39, 0.29) is 6.04 Å². The molecule has 0 saturated heterocycles. The van der Waals surface area contributed by atoms with E-state index in [1.165, 1.54) is 0 Å². The van der Waals surface area contributed by atoms with Crippen molar-refractivity contribution in [1.82, 2.24) is 4.98 Å². The zero-order valence-electron chi connectivity index (χ0n) is 8.34. The molecule has 1 aromatic heterocycles. The van der Waals surface area contributed by atoms with Gasteiger partial charge in [0.25, 0.3) is 0 Å². The number of nitrogens with zero attached hydrogens (tertiary/aromatic N) is 2. The molecule has 74 valence electrons. The molecular formula is C12H10N2O. The Bertz CT molecular complexity index is 525. The van der Waals surface area contributed by atoms with Crippen LogP contribution in [0.2, 0.25) is 0 Å². The Morgan fingerprint density at radius 1 is 1.40 bits per heavy atom. The summed E-state index contributed by atoms with van der Waals surface area (Å²) in [6, 6.07) is 7.67. The maximum Gasteiger partial charge on any atom is 0.235 e. The molecule has 0 fully saturated rings. The normalized spacial score (nSPS) is 12.1. The fourth-order valence-electron chi connectivity index (χ4n) is 1.66. The number of aromatic nitrogens is 1. The fourth-order valence-corrected chi connectivity index (χ4v) is 1.66. The van der Waals surface area contributed by atoms with Crippen LogP contribution in [0.25, 0.3) is 10.8 Å². The zero-order chi connectivity index (χ0) is 10.7. The van der Waals surface area contributed by atoms with Gasteiger partial charge in [0.15, 0.2) is 0 Å². The second kappa shape index (κ2) is 4.03. The van der Waals surface area contributed by atoms with Crippen LogP contribution in [0.1, 0.15) is 18.5 Å². The third-order valence-electron chi connectivity index (χ3n) is 2.41. The summed E-state index contributed by atoms with van der Waals surface area (Å²) in [5, 5.41) is 2.14. The summed E-state index contributed by atoms with van der Waals surface area (Å²) < 4.78 is 0. The number of benzene rings is 1. The molecule has 2 aromatic rings. The predicted octanol–water partition coefficient (Wildman–Crippen LogP) is 2.63. The third-order valence-corrected chi connectivity index (χ3v) is 2.41. The molecule has 15 heavy (non-hydrogen) atoms. The first-order chi connectivity index (χ1) is 7.33. The van der Waals surface area contributed by atoms with E-state index in [0.29, 0.717) is 0 Å². The van der Waals surface area contributed by atoms with E-state index in [4.69, 9.17) is 0 Å². The summed E-state index contributed by atoms with van der Waals surface area (Å²) in [5.74, 6) is 0. The minimum atomic E-state index is -0.159. The highest BCUT2D eigenvalue weighted by Gasteiger charge is 2.07. The highest BCUT2D eigenvalue weighted by atomic mass is 16.1. The Kier molecular flexibility index (Phi) is 2.57. The number of hydrogen-bond donors (Lipinski definition) is 0. The Labute approximate surface area is 87.5 Å². The molecule has 1 atom stereocenters. The monoisotopic (exact) mass is 198 g/mol. The van der Waals surface area contributed by atoms with Gasteiger partial charge in [-0.25, -0.2) is 4.79 Å². The van der Waals surface area contributed by atoms with Crippen molar-refractivity contribution in [2.75, 3.05) is 0 Å². The molecule has 1 aromatic carbocycles. The molecule has 0 amide bonds. The quantitative estimate of drug-likeness (QED) is 0.550. The maximum absolute atomic E-state index is 10.2. The zero-order valence-corrected chi connectivity index (χ0v) is 8.34. The van der Waals surface area contributed by atoms with Crippen LogP contribution in [0.5, 0.6) is 0 Å². The van der Waals surface area contributed by atoms with Gasteiger partial charge in [-0.15, -0.1) is 0 Å². The van der Waals surface area contributed by atoms with E-state index >= 15 is 0 Å². The Hall–Kier alpha value is -1.99. The molecule has 3 heteroatoms. The number of hydrogen-bond acceptors (Lipinski definition) is 3. The molecule has 0 aliphatic rings. The molecule has 0 spiro atoms. The van der Waals surface area contributed by atoms with E-state index in [9.17, 15) is 4.79 Å². The van der Waals surface area contributed by atoms with Crippen LogP contribution in [0.3, 0.4) is 0 Å².